The molecule has 3 heterocycles. The van der Waals surface area contributed by atoms with Crippen LogP contribution in [0.1, 0.15) is 40.7 Å². The fourth-order valence-corrected chi connectivity index (χ4v) is 12.5. The van der Waals surface area contributed by atoms with Gasteiger partial charge in [-0.25, -0.2) is 0 Å². The van der Waals surface area contributed by atoms with Gasteiger partial charge in [0.1, 0.15) is 0 Å². The second-order valence-electron chi connectivity index (χ2n) is 19.1. The Morgan fingerprint density at radius 1 is 0.457 bits per heavy atom. The van der Waals surface area contributed by atoms with Crippen molar-refractivity contribution in [1.82, 2.24) is 0 Å². The Bertz CT molecular complexity index is 3900. The fraction of sp³-hybridized carbons (Fsp3) is 0.0435. The molecule has 0 N–H and O–H groups in total. The van der Waals surface area contributed by atoms with Crippen LogP contribution in [0.4, 0.5) is 17.1 Å². The van der Waals surface area contributed by atoms with Crippen LogP contribution in [0, 0.1) is 0 Å². The SMILES string of the molecule is C=C/C=C\C(=C)C1=CC(c2cc3c4c5c(cccc25)-c2cc(-c5ccccc5)cc5c2N4c2c(cc(-c4cccc(-c6ccccc6)c4)c4cccc-5c24)C3(c2ccccc2)c2ccccc2)=CCC1. The molecule has 0 radical (unpaired) electrons. The molecule has 4 aliphatic rings. The summed E-state index contributed by atoms with van der Waals surface area (Å²) in [5.41, 5.74) is 25.2. The zero-order valence-electron chi connectivity index (χ0n) is 38.8. The second kappa shape index (κ2) is 15.6. The van der Waals surface area contributed by atoms with E-state index in [1.807, 2.05) is 12.2 Å². The van der Waals surface area contributed by atoms with Gasteiger partial charge >= 0.3 is 0 Å². The molecule has 3 aliphatic heterocycles. The van der Waals surface area contributed by atoms with Gasteiger partial charge in [0, 0.05) is 21.9 Å². The van der Waals surface area contributed by atoms with Crippen LogP contribution in [0.25, 0.3) is 82.8 Å². The third kappa shape index (κ3) is 5.73. The van der Waals surface area contributed by atoms with Crippen molar-refractivity contribution in [2.75, 3.05) is 4.90 Å². The molecule has 0 aromatic heterocycles. The van der Waals surface area contributed by atoms with E-state index in [2.05, 4.69) is 243 Å². The number of fused-ring (bicyclic) bond motifs is 2. The molecule has 0 saturated heterocycles. The van der Waals surface area contributed by atoms with Crippen LogP contribution in [-0.2, 0) is 5.41 Å². The van der Waals surface area contributed by atoms with Gasteiger partial charge in [-0.05, 0) is 143 Å². The molecule has 14 rings (SSSR count). The summed E-state index contributed by atoms with van der Waals surface area (Å²) in [6.07, 6.45) is 12.7. The normalized spacial score (nSPS) is 14.5. The van der Waals surface area contributed by atoms with E-state index in [-0.39, 0.29) is 0 Å². The third-order valence-corrected chi connectivity index (χ3v) is 15.5. The topological polar surface area (TPSA) is 3.24 Å². The molecular weight excluding hydrogens is 843 g/mol. The summed E-state index contributed by atoms with van der Waals surface area (Å²) in [6.45, 7) is 8.49. The molecule has 70 heavy (non-hydrogen) atoms. The minimum atomic E-state index is -0.732. The summed E-state index contributed by atoms with van der Waals surface area (Å²) >= 11 is 0. The van der Waals surface area contributed by atoms with Crippen LogP contribution in [0.15, 0.2) is 261 Å². The number of benzene rings is 10. The lowest BCUT2D eigenvalue weighted by Gasteiger charge is -2.51. The summed E-state index contributed by atoms with van der Waals surface area (Å²) in [5.74, 6) is 0. The Morgan fingerprint density at radius 3 is 1.57 bits per heavy atom. The molecule has 10 aromatic carbocycles. The van der Waals surface area contributed by atoms with Crippen LogP contribution in [0.2, 0.25) is 0 Å². The summed E-state index contributed by atoms with van der Waals surface area (Å²) in [7, 11) is 0. The molecule has 0 spiro atoms. The smallest absolute Gasteiger partial charge is 0.0743 e. The van der Waals surface area contributed by atoms with Gasteiger partial charge in [0.05, 0.1) is 22.5 Å². The minimum Gasteiger partial charge on any atom is -0.307 e. The van der Waals surface area contributed by atoms with Crippen molar-refractivity contribution in [1.29, 1.82) is 0 Å². The van der Waals surface area contributed by atoms with Gasteiger partial charge in [-0.3, -0.25) is 0 Å². The van der Waals surface area contributed by atoms with Crippen LogP contribution >= 0.6 is 0 Å². The zero-order chi connectivity index (χ0) is 46.5. The van der Waals surface area contributed by atoms with Crippen LogP contribution in [0.5, 0.6) is 0 Å². The van der Waals surface area contributed by atoms with Crippen molar-refractivity contribution in [3.63, 3.8) is 0 Å². The molecule has 0 fully saturated rings. The molecule has 1 aliphatic carbocycles. The van der Waals surface area contributed by atoms with E-state index in [0.29, 0.717) is 0 Å². The molecule has 328 valence electrons. The molecule has 1 heteroatoms. The predicted molar refractivity (Wildman–Crippen MR) is 296 cm³/mol. The van der Waals surface area contributed by atoms with Gasteiger partial charge in [0.2, 0.25) is 0 Å². The molecule has 0 bridgehead atoms. The summed E-state index contributed by atoms with van der Waals surface area (Å²) in [6, 6.07) is 77.8. The summed E-state index contributed by atoms with van der Waals surface area (Å²) in [4.78, 5) is 2.71. The average molecular weight is 890 g/mol. The number of nitrogens with zero attached hydrogens (tertiary/aromatic N) is 1. The van der Waals surface area contributed by atoms with Gasteiger partial charge in [-0.2, -0.15) is 0 Å². The highest BCUT2D eigenvalue weighted by Crippen LogP contribution is 2.69. The van der Waals surface area contributed by atoms with E-state index in [0.717, 1.165) is 18.4 Å². The lowest BCUT2D eigenvalue weighted by atomic mass is 9.59. The standard InChI is InChI=1S/C69H47N/c1-3-4-21-44(2)47-26-17-28-49(38-47)58-42-62-67-64-54(58)34-19-36-56(64)60-40-51(46-24-11-6-12-25-46)41-61-57-37-20-35-55-59(50-29-18-27-48(39-50)45-22-9-5-10-23-45)43-63(68(65(55)57)70(67)66(60)61)69(62,52-30-13-7-14-31-52)53-32-15-8-16-33-53/h3-16,18-25,27-43H,1-2,17,26H2/b21-4-. The number of rotatable bonds is 9. The Hall–Kier alpha value is -8.78. The average Bonchev–Trinajstić information content (AvgIpc) is 3.44. The maximum Gasteiger partial charge on any atom is 0.0743 e. The molecule has 0 amide bonds. The second-order valence-corrected chi connectivity index (χ2v) is 19.1. The van der Waals surface area contributed by atoms with Crippen LogP contribution in [0.3, 0.4) is 0 Å². The Morgan fingerprint density at radius 2 is 0.971 bits per heavy atom. The van der Waals surface area contributed by atoms with Crippen molar-refractivity contribution < 1.29 is 0 Å². The van der Waals surface area contributed by atoms with Crippen molar-refractivity contribution >= 4 is 44.2 Å². The number of hydrogen-bond acceptors (Lipinski definition) is 1. The van der Waals surface area contributed by atoms with E-state index in [1.165, 1.54) is 133 Å². The first-order chi connectivity index (χ1) is 34.6. The monoisotopic (exact) mass is 889 g/mol. The van der Waals surface area contributed by atoms with E-state index in [9.17, 15) is 0 Å². The molecular formula is C69H47N. The van der Waals surface area contributed by atoms with Gasteiger partial charge < -0.3 is 4.90 Å². The minimum absolute atomic E-state index is 0.732. The maximum absolute atomic E-state index is 4.54. The van der Waals surface area contributed by atoms with Gasteiger partial charge in [-0.1, -0.05) is 219 Å². The molecule has 10 aromatic rings. The van der Waals surface area contributed by atoms with E-state index < -0.39 is 5.41 Å². The Kier molecular flexibility index (Phi) is 9.00. The van der Waals surface area contributed by atoms with E-state index in [1.54, 1.807) is 0 Å². The van der Waals surface area contributed by atoms with E-state index in [4.69, 9.17) is 0 Å². The van der Waals surface area contributed by atoms with E-state index >= 15 is 0 Å². The largest absolute Gasteiger partial charge is 0.307 e. The summed E-state index contributed by atoms with van der Waals surface area (Å²) < 4.78 is 0. The van der Waals surface area contributed by atoms with Crippen molar-refractivity contribution in [3.8, 4) is 55.6 Å². The fourth-order valence-electron chi connectivity index (χ4n) is 12.5. The first-order valence-corrected chi connectivity index (χ1v) is 24.5. The summed E-state index contributed by atoms with van der Waals surface area (Å²) in [5, 5.41) is 5.09. The zero-order valence-corrected chi connectivity index (χ0v) is 38.8. The first-order valence-electron chi connectivity index (χ1n) is 24.5. The number of allylic oxidation sites excluding steroid dienone is 8. The highest BCUT2D eigenvalue weighted by molar-refractivity contribution is 6.28. The quantitative estimate of drug-likeness (QED) is 0.131. The Balaban J connectivity index is 1.19. The molecule has 1 nitrogen and oxygen atoms in total. The van der Waals surface area contributed by atoms with Crippen molar-refractivity contribution in [3.05, 3.63) is 289 Å². The van der Waals surface area contributed by atoms with Gasteiger partial charge in [0.25, 0.3) is 0 Å². The predicted octanol–water partition coefficient (Wildman–Crippen LogP) is 18.5. The molecule has 0 saturated carbocycles. The first kappa shape index (κ1) is 40.3. The van der Waals surface area contributed by atoms with Gasteiger partial charge in [0.15, 0.2) is 0 Å². The molecule has 0 unspecified atom stereocenters. The molecule has 0 atom stereocenters. The lowest BCUT2D eigenvalue weighted by molar-refractivity contribution is 0.734. The van der Waals surface area contributed by atoms with Gasteiger partial charge in [-0.15, -0.1) is 0 Å². The highest BCUT2D eigenvalue weighted by atomic mass is 15.2. The lowest BCUT2D eigenvalue weighted by Crippen LogP contribution is -2.39. The number of hydrogen-bond donors (Lipinski definition) is 0. The van der Waals surface area contributed by atoms with Crippen molar-refractivity contribution in [2.45, 2.75) is 18.3 Å². The van der Waals surface area contributed by atoms with Crippen LogP contribution in [-0.4, -0.2) is 0 Å². The maximum atomic E-state index is 4.54. The Labute approximate surface area is 409 Å². The number of anilines is 3. The highest BCUT2D eigenvalue weighted by Gasteiger charge is 2.52. The van der Waals surface area contributed by atoms with Crippen molar-refractivity contribution in [2.24, 2.45) is 0 Å². The van der Waals surface area contributed by atoms with Crippen LogP contribution < -0.4 is 4.90 Å². The third-order valence-electron chi connectivity index (χ3n) is 15.5.